The van der Waals surface area contributed by atoms with Gasteiger partial charge in [0, 0.05) is 8.41 Å². The molecule has 0 saturated heterocycles. The molecule has 0 unspecified atom stereocenters. The highest BCUT2D eigenvalue weighted by Gasteiger charge is 1.86. The quantitative estimate of drug-likeness (QED) is 0.410. The van der Waals surface area contributed by atoms with Crippen LogP contribution >= 0.6 is 12.6 Å². The van der Waals surface area contributed by atoms with Gasteiger partial charge in [-0.25, -0.2) is 0 Å². The predicted molar refractivity (Wildman–Crippen MR) is 39.1 cm³/mol. The molecule has 0 fully saturated rings. The van der Waals surface area contributed by atoms with Gasteiger partial charge in [0.05, 0.1) is 0 Å². The van der Waals surface area contributed by atoms with E-state index in [-0.39, 0.29) is 8.41 Å². The van der Waals surface area contributed by atoms with Crippen LogP contribution in [0.15, 0.2) is 0 Å². The first-order chi connectivity index (χ1) is 2.77. The van der Waals surface area contributed by atoms with E-state index < -0.39 is 0 Å². The molecule has 0 aliphatic heterocycles. The second-order valence-electron chi connectivity index (χ2n) is 1.91. The van der Waals surface area contributed by atoms with Crippen molar-refractivity contribution in [2.45, 2.75) is 20.3 Å². The van der Waals surface area contributed by atoms with Crippen molar-refractivity contribution >= 4 is 21.0 Å². The van der Waals surface area contributed by atoms with Crippen LogP contribution < -0.4 is 0 Å². The number of hydrogen-bond donors (Lipinski definition) is 1. The number of rotatable bonds is 2. The lowest BCUT2D eigenvalue weighted by Gasteiger charge is -1.95. The maximum atomic E-state index is 4.06. The molecule has 0 aromatic rings. The summed E-state index contributed by atoms with van der Waals surface area (Å²) < 4.78 is 0. The van der Waals surface area contributed by atoms with Gasteiger partial charge in [-0.05, 0) is 18.1 Å². The third-order valence-electron chi connectivity index (χ3n) is 0.706. The standard InChI is InChI=1S/C5H12S.B/c1-5(2)3-4-6;/h5-6H,3-4H2,1-2H3;. The van der Waals surface area contributed by atoms with Gasteiger partial charge in [0.1, 0.15) is 0 Å². The first-order valence-corrected chi connectivity index (χ1v) is 3.01. The van der Waals surface area contributed by atoms with Crippen molar-refractivity contribution < 1.29 is 0 Å². The van der Waals surface area contributed by atoms with Crippen LogP contribution in [0, 0.1) is 5.92 Å². The molecule has 0 aromatic carbocycles. The monoisotopic (exact) mass is 115 g/mol. The molecule has 0 bridgehead atoms. The third-order valence-corrected chi connectivity index (χ3v) is 0.965. The first kappa shape index (κ1) is 10.4. The van der Waals surface area contributed by atoms with Crippen molar-refractivity contribution in [3.05, 3.63) is 0 Å². The summed E-state index contributed by atoms with van der Waals surface area (Å²) in [5, 5.41) is 0. The number of thiol groups is 1. The van der Waals surface area contributed by atoms with Crippen molar-refractivity contribution in [2.24, 2.45) is 5.92 Å². The number of hydrogen-bond acceptors (Lipinski definition) is 1. The summed E-state index contributed by atoms with van der Waals surface area (Å²) >= 11 is 4.06. The van der Waals surface area contributed by atoms with Gasteiger partial charge in [0.15, 0.2) is 0 Å². The molecule has 2 heteroatoms. The summed E-state index contributed by atoms with van der Waals surface area (Å²) in [5.41, 5.74) is 0. The van der Waals surface area contributed by atoms with Crippen LogP contribution in [0.5, 0.6) is 0 Å². The highest BCUT2D eigenvalue weighted by atomic mass is 32.1. The Morgan fingerprint density at radius 2 is 1.86 bits per heavy atom. The zero-order valence-electron chi connectivity index (χ0n) is 5.02. The van der Waals surface area contributed by atoms with E-state index in [1.54, 1.807) is 0 Å². The zero-order chi connectivity index (χ0) is 4.99. The minimum atomic E-state index is 0. The second-order valence-corrected chi connectivity index (χ2v) is 2.35. The van der Waals surface area contributed by atoms with Crippen LogP contribution in [-0.2, 0) is 0 Å². The van der Waals surface area contributed by atoms with Gasteiger partial charge in [-0.15, -0.1) is 0 Å². The normalized spacial score (nSPS) is 8.57. The maximum Gasteiger partial charge on any atom is 0 e. The fourth-order valence-electron chi connectivity index (χ4n) is 0.258. The molecule has 0 N–H and O–H groups in total. The molecule has 0 rings (SSSR count). The lowest BCUT2D eigenvalue weighted by Crippen LogP contribution is -1.85. The largest absolute Gasteiger partial charge is 0.179 e. The topological polar surface area (TPSA) is 0 Å². The van der Waals surface area contributed by atoms with Crippen molar-refractivity contribution in [3.8, 4) is 0 Å². The van der Waals surface area contributed by atoms with Crippen LogP contribution in [0.1, 0.15) is 20.3 Å². The molecule has 0 aliphatic carbocycles. The van der Waals surface area contributed by atoms with E-state index in [9.17, 15) is 0 Å². The van der Waals surface area contributed by atoms with Gasteiger partial charge < -0.3 is 0 Å². The Morgan fingerprint density at radius 3 is 1.86 bits per heavy atom. The van der Waals surface area contributed by atoms with E-state index in [1.807, 2.05) is 0 Å². The highest BCUT2D eigenvalue weighted by molar-refractivity contribution is 7.80. The van der Waals surface area contributed by atoms with E-state index in [0.29, 0.717) is 0 Å². The lowest BCUT2D eigenvalue weighted by atomic mass is 10.2. The Balaban J connectivity index is 0. The molecular formula is C5H12BS. The average Bonchev–Trinajstić information content (AvgIpc) is 1.35. The van der Waals surface area contributed by atoms with Gasteiger partial charge >= 0.3 is 0 Å². The first-order valence-electron chi connectivity index (χ1n) is 2.38. The Labute approximate surface area is 53.7 Å². The molecule has 0 atom stereocenters. The van der Waals surface area contributed by atoms with Gasteiger partial charge in [-0.2, -0.15) is 12.6 Å². The van der Waals surface area contributed by atoms with Crippen LogP contribution in [-0.4, -0.2) is 14.2 Å². The molecule has 0 amide bonds. The minimum absolute atomic E-state index is 0. The molecule has 3 radical (unpaired) electrons. The van der Waals surface area contributed by atoms with Crippen LogP contribution in [0.3, 0.4) is 0 Å². The SMILES string of the molecule is CC(C)CCS.[B]. The van der Waals surface area contributed by atoms with E-state index in [1.165, 1.54) is 6.42 Å². The van der Waals surface area contributed by atoms with E-state index >= 15 is 0 Å². The molecule has 0 aromatic heterocycles. The van der Waals surface area contributed by atoms with Crippen molar-refractivity contribution in [1.29, 1.82) is 0 Å². The molecule has 0 heterocycles. The lowest BCUT2D eigenvalue weighted by molar-refractivity contribution is 0.633. The summed E-state index contributed by atoms with van der Waals surface area (Å²) in [4.78, 5) is 0. The maximum absolute atomic E-state index is 4.06. The molecule has 0 spiro atoms. The molecule has 41 valence electrons. The minimum Gasteiger partial charge on any atom is -0.179 e. The van der Waals surface area contributed by atoms with Crippen molar-refractivity contribution in [3.63, 3.8) is 0 Å². The predicted octanol–water partition coefficient (Wildman–Crippen LogP) is 1.58. The molecule has 0 aliphatic rings. The Hall–Kier alpha value is 0.415. The van der Waals surface area contributed by atoms with Gasteiger partial charge in [-0.1, -0.05) is 13.8 Å². The van der Waals surface area contributed by atoms with Gasteiger partial charge in [0.25, 0.3) is 0 Å². The summed E-state index contributed by atoms with van der Waals surface area (Å²) in [6, 6.07) is 0. The van der Waals surface area contributed by atoms with Crippen LogP contribution in [0.25, 0.3) is 0 Å². The highest BCUT2D eigenvalue weighted by Crippen LogP contribution is 1.98. The zero-order valence-corrected chi connectivity index (χ0v) is 5.91. The Kier molecular flexibility index (Phi) is 9.54. The Bertz CT molecular complexity index is 29.3. The van der Waals surface area contributed by atoms with Crippen molar-refractivity contribution in [2.75, 3.05) is 5.75 Å². The van der Waals surface area contributed by atoms with Crippen molar-refractivity contribution in [1.82, 2.24) is 0 Å². The van der Waals surface area contributed by atoms with E-state index in [4.69, 9.17) is 0 Å². The third kappa shape index (κ3) is 10.7. The van der Waals surface area contributed by atoms with Gasteiger partial charge in [-0.3, -0.25) is 0 Å². The molecule has 0 saturated carbocycles. The summed E-state index contributed by atoms with van der Waals surface area (Å²) in [7, 11) is 0. The van der Waals surface area contributed by atoms with E-state index in [2.05, 4.69) is 26.5 Å². The summed E-state index contributed by atoms with van der Waals surface area (Å²) in [5.74, 6) is 1.85. The summed E-state index contributed by atoms with van der Waals surface area (Å²) in [6.07, 6.45) is 1.24. The average molecular weight is 115 g/mol. The van der Waals surface area contributed by atoms with Gasteiger partial charge in [0.2, 0.25) is 0 Å². The van der Waals surface area contributed by atoms with Crippen LogP contribution in [0.4, 0.5) is 0 Å². The molecular weight excluding hydrogens is 103 g/mol. The van der Waals surface area contributed by atoms with E-state index in [0.717, 1.165) is 11.7 Å². The summed E-state index contributed by atoms with van der Waals surface area (Å²) in [6.45, 7) is 4.41. The fraction of sp³-hybridized carbons (Fsp3) is 1.00. The molecule has 7 heavy (non-hydrogen) atoms. The Morgan fingerprint density at radius 1 is 1.43 bits per heavy atom. The second kappa shape index (κ2) is 6.41. The fourth-order valence-corrected chi connectivity index (χ4v) is 0.775. The smallest absolute Gasteiger partial charge is 0 e. The van der Waals surface area contributed by atoms with Crippen LogP contribution in [0.2, 0.25) is 0 Å². The molecule has 0 nitrogen and oxygen atoms in total.